The Morgan fingerprint density at radius 2 is 1.59 bits per heavy atom. The summed E-state index contributed by atoms with van der Waals surface area (Å²) >= 11 is 5.73. The summed E-state index contributed by atoms with van der Waals surface area (Å²) in [5.41, 5.74) is -4.33. The molecule has 1 aliphatic rings. The lowest BCUT2D eigenvalue weighted by Crippen LogP contribution is -2.42. The molecule has 0 atom stereocenters. The third-order valence-electron chi connectivity index (χ3n) is 4.78. The van der Waals surface area contributed by atoms with Crippen LogP contribution in [0.15, 0.2) is 36.4 Å². The maximum Gasteiger partial charge on any atom is 0.416 e. The number of anilines is 1. The van der Waals surface area contributed by atoms with E-state index in [1.165, 1.54) is 4.90 Å². The van der Waals surface area contributed by atoms with Crippen LogP contribution >= 0.6 is 11.6 Å². The Kier molecular flexibility index (Phi) is 6.41. The minimum atomic E-state index is -5.15. The van der Waals surface area contributed by atoms with Crippen molar-refractivity contribution in [2.45, 2.75) is 25.2 Å². The zero-order chi connectivity index (χ0) is 23.8. The first kappa shape index (κ1) is 23.8. The highest BCUT2D eigenvalue weighted by molar-refractivity contribution is 6.31. The van der Waals surface area contributed by atoms with E-state index in [0.717, 1.165) is 23.1 Å². The Morgan fingerprint density at radius 1 is 1.00 bits per heavy atom. The predicted molar refractivity (Wildman–Crippen MR) is 100 cm³/mol. The molecule has 4 nitrogen and oxygen atoms in total. The van der Waals surface area contributed by atoms with Crippen LogP contribution in [0.2, 0.25) is 5.02 Å². The van der Waals surface area contributed by atoms with Gasteiger partial charge in [0.25, 0.3) is 5.91 Å². The second-order valence-corrected chi connectivity index (χ2v) is 7.44. The van der Waals surface area contributed by atoms with Crippen LogP contribution in [0.5, 0.6) is 0 Å². The largest absolute Gasteiger partial charge is 0.416 e. The maximum absolute atomic E-state index is 13.6. The molecule has 1 heterocycles. The van der Waals surface area contributed by atoms with Crippen molar-refractivity contribution in [1.82, 2.24) is 4.90 Å². The van der Waals surface area contributed by atoms with E-state index in [4.69, 9.17) is 11.6 Å². The monoisotopic (exact) mass is 482 g/mol. The topological polar surface area (TPSA) is 40.6 Å². The van der Waals surface area contributed by atoms with E-state index in [2.05, 4.69) is 0 Å². The molecule has 172 valence electrons. The molecule has 0 saturated carbocycles. The highest BCUT2D eigenvalue weighted by Crippen LogP contribution is 2.37. The summed E-state index contributed by atoms with van der Waals surface area (Å²) in [6, 6.07) is 3.45. The fraction of sp³-hybridized carbons (Fsp3) is 0.300. The summed E-state index contributed by atoms with van der Waals surface area (Å²) in [6.45, 7) is -0.231. The first-order valence-electron chi connectivity index (χ1n) is 9.11. The summed E-state index contributed by atoms with van der Waals surface area (Å²) in [6.07, 6.45) is -9.66. The molecule has 0 aliphatic carbocycles. The van der Waals surface area contributed by atoms with Gasteiger partial charge in [0.1, 0.15) is 12.5 Å². The van der Waals surface area contributed by atoms with Crippen molar-refractivity contribution < 1.29 is 40.3 Å². The van der Waals surface area contributed by atoms with E-state index in [-0.39, 0.29) is 30.6 Å². The van der Waals surface area contributed by atoms with Crippen molar-refractivity contribution in [3.05, 3.63) is 63.9 Å². The van der Waals surface area contributed by atoms with Gasteiger partial charge in [0.05, 0.1) is 16.1 Å². The van der Waals surface area contributed by atoms with Gasteiger partial charge in [-0.25, -0.2) is 4.39 Å². The molecule has 2 aromatic rings. The van der Waals surface area contributed by atoms with Crippen molar-refractivity contribution >= 4 is 29.1 Å². The van der Waals surface area contributed by atoms with Crippen molar-refractivity contribution in [2.24, 2.45) is 0 Å². The van der Waals surface area contributed by atoms with Crippen molar-refractivity contribution in [1.29, 1.82) is 0 Å². The van der Waals surface area contributed by atoms with Gasteiger partial charge in [-0.15, -0.1) is 0 Å². The minimum absolute atomic E-state index is 0.0973. The van der Waals surface area contributed by atoms with Gasteiger partial charge in [-0.05, 0) is 42.8 Å². The molecule has 0 radical (unpaired) electrons. The van der Waals surface area contributed by atoms with Gasteiger partial charge in [-0.3, -0.25) is 14.5 Å². The Morgan fingerprint density at radius 3 is 2.06 bits per heavy atom. The summed E-state index contributed by atoms with van der Waals surface area (Å²) in [5, 5.41) is -0.423. The zero-order valence-electron chi connectivity index (χ0n) is 16.0. The number of benzene rings is 2. The van der Waals surface area contributed by atoms with Crippen LogP contribution < -0.4 is 4.90 Å². The fourth-order valence-corrected chi connectivity index (χ4v) is 3.35. The summed E-state index contributed by atoms with van der Waals surface area (Å²) in [5.74, 6) is -2.45. The quantitative estimate of drug-likeness (QED) is 0.521. The number of amides is 2. The van der Waals surface area contributed by atoms with Gasteiger partial charge in [0.15, 0.2) is 0 Å². The fourth-order valence-electron chi connectivity index (χ4n) is 3.17. The molecule has 3 rings (SSSR count). The van der Waals surface area contributed by atoms with E-state index in [1.54, 1.807) is 0 Å². The average molecular weight is 483 g/mol. The lowest BCUT2D eigenvalue weighted by atomic mass is 10.0. The van der Waals surface area contributed by atoms with E-state index in [9.17, 15) is 40.3 Å². The van der Waals surface area contributed by atoms with Gasteiger partial charge >= 0.3 is 12.4 Å². The number of carbonyl (C=O) groups is 2. The highest BCUT2D eigenvalue weighted by atomic mass is 35.5. The Bertz CT molecular complexity index is 1020. The molecule has 1 aliphatic heterocycles. The Labute approximate surface area is 182 Å². The lowest BCUT2D eigenvalue weighted by Gasteiger charge is -2.29. The third kappa shape index (κ3) is 5.14. The van der Waals surface area contributed by atoms with Gasteiger partial charge in [0.2, 0.25) is 5.91 Å². The van der Waals surface area contributed by atoms with Gasteiger partial charge in [0, 0.05) is 24.2 Å². The molecular weight excluding hydrogens is 469 g/mol. The SMILES string of the molecule is O=C1CCCN1CN(C(=O)c1cc(C(F)(F)F)cc(C(F)(F)F)c1)c1ccc(F)c(Cl)c1. The number of nitrogens with zero attached hydrogens (tertiary/aromatic N) is 2. The molecule has 0 unspecified atom stereocenters. The second kappa shape index (κ2) is 8.61. The van der Waals surface area contributed by atoms with Crippen LogP contribution in [0.3, 0.4) is 0 Å². The Balaban J connectivity index is 2.11. The van der Waals surface area contributed by atoms with E-state index in [0.29, 0.717) is 18.6 Å². The number of likely N-dealkylation sites (tertiary alicyclic amines) is 1. The molecule has 1 fully saturated rings. The Hall–Kier alpha value is -2.82. The molecule has 0 aromatic heterocycles. The van der Waals surface area contributed by atoms with Gasteiger partial charge in [-0.2, -0.15) is 26.3 Å². The minimum Gasteiger partial charge on any atom is -0.324 e. The van der Waals surface area contributed by atoms with Crippen molar-refractivity contribution in [3.63, 3.8) is 0 Å². The predicted octanol–water partition coefficient (Wildman–Crippen LogP) is 5.74. The molecule has 0 N–H and O–H groups in total. The molecule has 2 aromatic carbocycles. The molecule has 32 heavy (non-hydrogen) atoms. The van der Waals surface area contributed by atoms with Crippen LogP contribution in [0.1, 0.15) is 34.3 Å². The van der Waals surface area contributed by atoms with E-state index in [1.807, 2.05) is 0 Å². The normalized spacial score (nSPS) is 14.8. The van der Waals surface area contributed by atoms with E-state index >= 15 is 0 Å². The first-order chi connectivity index (χ1) is 14.8. The average Bonchev–Trinajstić information content (AvgIpc) is 3.10. The molecular formula is C20H14ClF7N2O2. The smallest absolute Gasteiger partial charge is 0.324 e. The second-order valence-electron chi connectivity index (χ2n) is 7.03. The number of alkyl halides is 6. The number of carbonyl (C=O) groups excluding carboxylic acids is 2. The van der Waals surface area contributed by atoms with Crippen LogP contribution in [0, 0.1) is 5.82 Å². The molecule has 0 spiro atoms. The standard InChI is InChI=1S/C20H14ClF7N2O2/c21-15-9-14(3-4-16(15)22)30(10-29-5-1-2-17(29)31)18(32)11-6-12(19(23,24)25)8-13(7-11)20(26,27)28/h3-4,6-9H,1-2,5,10H2. The summed E-state index contributed by atoms with van der Waals surface area (Å²) in [7, 11) is 0. The molecule has 0 bridgehead atoms. The van der Waals surface area contributed by atoms with Crippen molar-refractivity contribution in [3.8, 4) is 0 Å². The third-order valence-corrected chi connectivity index (χ3v) is 5.07. The maximum atomic E-state index is 13.6. The zero-order valence-corrected chi connectivity index (χ0v) is 16.8. The van der Waals surface area contributed by atoms with Crippen LogP contribution in [0.25, 0.3) is 0 Å². The number of rotatable bonds is 4. The van der Waals surface area contributed by atoms with Crippen LogP contribution in [0.4, 0.5) is 36.4 Å². The van der Waals surface area contributed by atoms with Crippen molar-refractivity contribution in [2.75, 3.05) is 18.1 Å². The molecule has 1 saturated heterocycles. The molecule has 2 amide bonds. The van der Waals surface area contributed by atoms with E-state index < -0.39 is 52.5 Å². The van der Waals surface area contributed by atoms with Gasteiger partial charge in [-0.1, -0.05) is 11.6 Å². The van der Waals surface area contributed by atoms with Crippen LogP contribution in [-0.2, 0) is 17.1 Å². The highest BCUT2D eigenvalue weighted by Gasteiger charge is 2.38. The summed E-state index contributed by atoms with van der Waals surface area (Å²) in [4.78, 5) is 27.1. The number of halogens is 8. The van der Waals surface area contributed by atoms with Crippen LogP contribution in [-0.4, -0.2) is 29.9 Å². The lowest BCUT2D eigenvalue weighted by molar-refractivity contribution is -0.143. The molecule has 12 heteroatoms. The van der Waals surface area contributed by atoms with Gasteiger partial charge < -0.3 is 4.90 Å². The number of hydrogen-bond donors (Lipinski definition) is 0. The number of hydrogen-bond acceptors (Lipinski definition) is 2. The summed E-state index contributed by atoms with van der Waals surface area (Å²) < 4.78 is 92.7. The first-order valence-corrected chi connectivity index (χ1v) is 9.49.